The van der Waals surface area contributed by atoms with E-state index in [9.17, 15) is 24.4 Å². The molecule has 1 amide bonds. The van der Waals surface area contributed by atoms with E-state index in [-0.39, 0.29) is 13.0 Å². The fourth-order valence-electron chi connectivity index (χ4n) is 2.46. The van der Waals surface area contributed by atoms with Gasteiger partial charge < -0.3 is 9.79 Å². The van der Waals surface area contributed by atoms with Gasteiger partial charge in [-0.2, -0.15) is 0 Å². The summed E-state index contributed by atoms with van der Waals surface area (Å²) in [5, 5.41) is 9.87. The van der Waals surface area contributed by atoms with Gasteiger partial charge in [0, 0.05) is 13.5 Å². The smallest absolute Gasteiger partial charge is 0.324 e. The third kappa shape index (κ3) is 4.76. The molecule has 0 radical (unpaired) electrons. The van der Waals surface area contributed by atoms with Gasteiger partial charge >= 0.3 is 7.60 Å². The summed E-state index contributed by atoms with van der Waals surface area (Å²) >= 11 is 0. The largest absolute Gasteiger partial charge is 0.333 e. The van der Waals surface area contributed by atoms with E-state index < -0.39 is 19.2 Å². The number of benzene rings is 2. The topological polar surface area (TPSA) is 98.1 Å². The van der Waals surface area contributed by atoms with E-state index in [1.165, 1.54) is 6.92 Å². The van der Waals surface area contributed by atoms with Gasteiger partial charge in [-0.15, -0.1) is 0 Å². The number of hydroxylamine groups is 2. The van der Waals surface area contributed by atoms with Crippen molar-refractivity contribution >= 4 is 13.5 Å². The Morgan fingerprint density at radius 2 is 1.58 bits per heavy atom. The van der Waals surface area contributed by atoms with Crippen LogP contribution >= 0.6 is 7.60 Å². The standard InChI is InChI=1S/C17H20NO5P/c1-13(19)18(20)12-11-17(24(21,22)23)16-9-7-15(8-10-16)14-5-3-2-4-6-14/h2-10,17,20H,11-12H2,1H3,(H2,21,22,23). The summed E-state index contributed by atoms with van der Waals surface area (Å²) in [6, 6.07) is 16.6. The van der Waals surface area contributed by atoms with Crippen LogP contribution in [0.2, 0.25) is 0 Å². The molecular formula is C17H20NO5P. The van der Waals surface area contributed by atoms with Crippen molar-refractivity contribution in [3.8, 4) is 11.1 Å². The molecule has 1 unspecified atom stereocenters. The molecular weight excluding hydrogens is 329 g/mol. The van der Waals surface area contributed by atoms with Crippen LogP contribution in [-0.4, -0.2) is 32.5 Å². The molecule has 6 nitrogen and oxygen atoms in total. The van der Waals surface area contributed by atoms with Gasteiger partial charge in [-0.05, 0) is 23.1 Å². The highest BCUT2D eigenvalue weighted by Crippen LogP contribution is 2.53. The summed E-state index contributed by atoms with van der Waals surface area (Å²) in [6.45, 7) is 1.03. The van der Waals surface area contributed by atoms with Gasteiger partial charge in [0.05, 0.1) is 5.66 Å². The third-order valence-electron chi connectivity index (χ3n) is 3.79. The van der Waals surface area contributed by atoms with Crippen LogP contribution in [0.4, 0.5) is 0 Å². The van der Waals surface area contributed by atoms with E-state index in [2.05, 4.69) is 0 Å². The molecule has 128 valence electrons. The molecule has 0 aliphatic rings. The molecule has 3 N–H and O–H groups in total. The lowest BCUT2D eigenvalue weighted by Gasteiger charge is -2.21. The predicted octanol–water partition coefficient (Wildman–Crippen LogP) is 3.20. The molecule has 1 atom stereocenters. The lowest BCUT2D eigenvalue weighted by molar-refractivity contribution is -0.162. The van der Waals surface area contributed by atoms with Crippen LogP contribution in [0.3, 0.4) is 0 Å². The molecule has 0 saturated carbocycles. The highest BCUT2D eigenvalue weighted by molar-refractivity contribution is 7.52. The Hall–Kier alpha value is -1.98. The van der Waals surface area contributed by atoms with Gasteiger partial charge in [-0.3, -0.25) is 14.6 Å². The van der Waals surface area contributed by atoms with Crippen LogP contribution in [0.5, 0.6) is 0 Å². The van der Waals surface area contributed by atoms with E-state index in [0.29, 0.717) is 10.6 Å². The maximum Gasteiger partial charge on any atom is 0.333 e. The number of hydrogen-bond donors (Lipinski definition) is 3. The first-order chi connectivity index (χ1) is 11.3. The molecule has 24 heavy (non-hydrogen) atoms. The highest BCUT2D eigenvalue weighted by atomic mass is 31.2. The average Bonchev–Trinajstić information content (AvgIpc) is 2.55. The van der Waals surface area contributed by atoms with Crippen molar-refractivity contribution in [2.24, 2.45) is 0 Å². The fraction of sp³-hybridized carbons (Fsp3) is 0.235. The molecule has 0 heterocycles. The molecule has 7 heteroatoms. The van der Waals surface area contributed by atoms with E-state index in [4.69, 9.17) is 0 Å². The molecule has 0 aromatic heterocycles. The molecule has 0 saturated heterocycles. The van der Waals surface area contributed by atoms with Crippen LogP contribution in [0.15, 0.2) is 54.6 Å². The Bertz CT molecular complexity index is 726. The van der Waals surface area contributed by atoms with Crippen LogP contribution in [0.25, 0.3) is 11.1 Å². The quantitative estimate of drug-likeness (QED) is 0.423. The number of rotatable bonds is 6. The number of carbonyl (C=O) groups is 1. The Morgan fingerprint density at radius 3 is 2.08 bits per heavy atom. The zero-order valence-electron chi connectivity index (χ0n) is 13.2. The average molecular weight is 349 g/mol. The maximum atomic E-state index is 11.8. The van der Waals surface area contributed by atoms with Crippen molar-refractivity contribution in [1.29, 1.82) is 0 Å². The lowest BCUT2D eigenvalue weighted by atomic mass is 10.0. The fourth-order valence-corrected chi connectivity index (χ4v) is 3.47. The molecule has 2 aromatic carbocycles. The number of amides is 1. The van der Waals surface area contributed by atoms with Crippen molar-refractivity contribution in [3.05, 3.63) is 60.2 Å². The van der Waals surface area contributed by atoms with E-state index in [1.54, 1.807) is 24.3 Å². The first kappa shape index (κ1) is 18.4. The van der Waals surface area contributed by atoms with Gasteiger partial charge in [0.2, 0.25) is 5.91 Å². The molecule has 2 rings (SSSR count). The Balaban J connectivity index is 2.21. The zero-order valence-corrected chi connectivity index (χ0v) is 14.1. The Labute approximate surface area is 140 Å². The van der Waals surface area contributed by atoms with Crippen molar-refractivity contribution in [1.82, 2.24) is 5.06 Å². The second kappa shape index (κ2) is 7.73. The summed E-state index contributed by atoms with van der Waals surface area (Å²) in [6.07, 6.45) is -0.0367. The van der Waals surface area contributed by atoms with E-state index in [1.807, 2.05) is 30.3 Å². The molecule has 0 aliphatic carbocycles. The summed E-state index contributed by atoms with van der Waals surface area (Å²) in [4.78, 5) is 30.2. The third-order valence-corrected chi connectivity index (χ3v) is 5.15. The number of carbonyl (C=O) groups excluding carboxylic acids is 1. The minimum absolute atomic E-state index is 0.0367. The van der Waals surface area contributed by atoms with Crippen molar-refractivity contribution in [3.63, 3.8) is 0 Å². The number of nitrogens with zero attached hydrogens (tertiary/aromatic N) is 1. The predicted molar refractivity (Wildman–Crippen MR) is 90.5 cm³/mol. The SMILES string of the molecule is CC(=O)N(O)CCC(c1ccc(-c2ccccc2)cc1)P(=O)(O)O. The second-order valence-corrected chi connectivity index (χ2v) is 7.33. The highest BCUT2D eigenvalue weighted by Gasteiger charge is 2.30. The van der Waals surface area contributed by atoms with E-state index in [0.717, 1.165) is 11.1 Å². The summed E-state index contributed by atoms with van der Waals surface area (Å²) in [5.41, 5.74) is 1.35. The Kier molecular flexibility index (Phi) is 5.91. The zero-order chi connectivity index (χ0) is 17.7. The molecule has 0 aliphatic heterocycles. The van der Waals surface area contributed by atoms with Crippen LogP contribution in [-0.2, 0) is 9.36 Å². The van der Waals surface area contributed by atoms with Gasteiger partial charge in [0.15, 0.2) is 0 Å². The normalized spacial score (nSPS) is 12.7. The summed E-state index contributed by atoms with van der Waals surface area (Å²) < 4.78 is 11.8. The second-order valence-electron chi connectivity index (χ2n) is 5.52. The maximum absolute atomic E-state index is 11.8. The van der Waals surface area contributed by atoms with Gasteiger partial charge in [-0.25, -0.2) is 5.06 Å². The summed E-state index contributed by atoms with van der Waals surface area (Å²) in [7, 11) is -4.42. The minimum atomic E-state index is -4.42. The lowest BCUT2D eigenvalue weighted by Crippen LogP contribution is -2.26. The van der Waals surface area contributed by atoms with Crippen LogP contribution < -0.4 is 0 Å². The monoisotopic (exact) mass is 349 g/mol. The first-order valence-electron chi connectivity index (χ1n) is 7.46. The van der Waals surface area contributed by atoms with Crippen LogP contribution in [0.1, 0.15) is 24.6 Å². The van der Waals surface area contributed by atoms with Crippen molar-refractivity contribution in [2.75, 3.05) is 6.54 Å². The van der Waals surface area contributed by atoms with Crippen molar-refractivity contribution in [2.45, 2.75) is 19.0 Å². The molecule has 0 fully saturated rings. The molecule has 2 aromatic rings. The van der Waals surface area contributed by atoms with Gasteiger partial charge in [0.1, 0.15) is 0 Å². The molecule has 0 bridgehead atoms. The number of hydrogen-bond acceptors (Lipinski definition) is 3. The van der Waals surface area contributed by atoms with E-state index >= 15 is 0 Å². The minimum Gasteiger partial charge on any atom is -0.324 e. The van der Waals surface area contributed by atoms with Crippen molar-refractivity contribution < 1.29 is 24.4 Å². The summed E-state index contributed by atoms with van der Waals surface area (Å²) in [5.74, 6) is -0.570. The first-order valence-corrected chi connectivity index (χ1v) is 9.15. The van der Waals surface area contributed by atoms with Crippen LogP contribution in [0, 0.1) is 0 Å². The Morgan fingerprint density at radius 1 is 1.04 bits per heavy atom. The van der Waals surface area contributed by atoms with Gasteiger partial charge in [-0.1, -0.05) is 54.6 Å². The molecule has 0 spiro atoms. The van der Waals surface area contributed by atoms with Gasteiger partial charge in [0.25, 0.3) is 0 Å².